The van der Waals surface area contributed by atoms with Crippen LogP contribution in [0.1, 0.15) is 26.7 Å². The Morgan fingerprint density at radius 3 is 2.24 bits per heavy atom. The zero-order chi connectivity index (χ0) is 13.5. The lowest BCUT2D eigenvalue weighted by atomic mass is 10.4. The smallest absolute Gasteiger partial charge is 0.334 e. The summed E-state index contributed by atoms with van der Waals surface area (Å²) in [6.07, 6.45) is 1.36. The molecule has 104 valence electrons. The molecule has 1 N–H and O–H groups in total. The highest BCUT2D eigenvalue weighted by molar-refractivity contribution is 7.90. The second kappa shape index (κ2) is 7.47. The topological polar surface area (TPSA) is 64.6 Å². The Bertz CT molecular complexity index is 303. The van der Waals surface area contributed by atoms with Crippen molar-refractivity contribution in [2.45, 2.75) is 44.5 Å². The van der Waals surface area contributed by atoms with Gasteiger partial charge in [-0.05, 0) is 32.4 Å². The molecule has 1 atom stereocenters. The van der Waals surface area contributed by atoms with Crippen LogP contribution in [0.15, 0.2) is 0 Å². The van der Waals surface area contributed by atoms with Gasteiger partial charge < -0.3 is 8.85 Å². The van der Waals surface area contributed by atoms with Gasteiger partial charge >= 0.3 is 8.56 Å². The Labute approximate surface area is 106 Å². The van der Waals surface area contributed by atoms with Crippen LogP contribution in [-0.2, 0) is 18.9 Å². The molecule has 0 aromatic heterocycles. The van der Waals surface area contributed by atoms with Crippen LogP contribution in [0.3, 0.4) is 0 Å². The fraction of sp³-hybridized carbons (Fsp3) is 1.00. The summed E-state index contributed by atoms with van der Waals surface area (Å²) >= 11 is 0. The summed E-state index contributed by atoms with van der Waals surface area (Å²) in [7, 11) is -1.95. The lowest BCUT2D eigenvalue weighted by Crippen LogP contribution is -2.38. The summed E-state index contributed by atoms with van der Waals surface area (Å²) in [5.41, 5.74) is 0. The van der Waals surface area contributed by atoms with E-state index in [9.17, 15) is 8.42 Å². The summed E-state index contributed by atoms with van der Waals surface area (Å²) in [6.45, 7) is 5.99. The van der Waals surface area contributed by atoms with Gasteiger partial charge in [0.2, 0.25) is 10.0 Å². The zero-order valence-corrected chi connectivity index (χ0v) is 13.3. The van der Waals surface area contributed by atoms with Crippen LogP contribution in [0.2, 0.25) is 12.6 Å². The van der Waals surface area contributed by atoms with Crippen molar-refractivity contribution in [1.29, 1.82) is 0 Å². The van der Waals surface area contributed by atoms with Crippen molar-refractivity contribution < 1.29 is 17.3 Å². The van der Waals surface area contributed by atoms with Gasteiger partial charge in [0.05, 0.1) is 5.25 Å². The molecule has 1 unspecified atom stereocenters. The molecule has 0 heterocycles. The maximum Gasteiger partial charge on any atom is 0.334 e. The maximum atomic E-state index is 11.7. The van der Waals surface area contributed by atoms with E-state index >= 15 is 0 Å². The fourth-order valence-corrected chi connectivity index (χ4v) is 3.82. The van der Waals surface area contributed by atoms with E-state index in [0.717, 1.165) is 12.5 Å². The van der Waals surface area contributed by atoms with E-state index in [1.165, 1.54) is 0 Å². The molecule has 0 saturated heterocycles. The molecule has 0 saturated carbocycles. The molecule has 0 bridgehead atoms. The molecule has 0 aromatic rings. The van der Waals surface area contributed by atoms with Gasteiger partial charge in [-0.15, -0.1) is 0 Å². The van der Waals surface area contributed by atoms with Gasteiger partial charge in [0.25, 0.3) is 0 Å². The highest BCUT2D eigenvalue weighted by atomic mass is 32.2. The Morgan fingerprint density at radius 2 is 1.82 bits per heavy atom. The van der Waals surface area contributed by atoms with Crippen molar-refractivity contribution in [1.82, 2.24) is 4.72 Å². The highest BCUT2D eigenvalue weighted by Crippen LogP contribution is 2.13. The first kappa shape index (κ1) is 17.0. The van der Waals surface area contributed by atoms with Gasteiger partial charge in [-0.1, -0.05) is 6.92 Å². The number of hydrogen-bond acceptors (Lipinski definition) is 4. The largest absolute Gasteiger partial charge is 0.398 e. The second-order valence-electron chi connectivity index (χ2n) is 4.30. The third-order valence-electron chi connectivity index (χ3n) is 3.08. The van der Waals surface area contributed by atoms with Crippen molar-refractivity contribution in [2.24, 2.45) is 0 Å². The van der Waals surface area contributed by atoms with E-state index in [-0.39, 0.29) is 5.25 Å². The molecule has 0 rings (SSSR count). The number of hydrogen-bond donors (Lipinski definition) is 1. The average Bonchev–Trinajstić information content (AvgIpc) is 2.33. The Morgan fingerprint density at radius 1 is 1.29 bits per heavy atom. The predicted molar refractivity (Wildman–Crippen MR) is 71.7 cm³/mol. The molecule has 5 nitrogen and oxygen atoms in total. The van der Waals surface area contributed by atoms with Crippen LogP contribution in [0.25, 0.3) is 0 Å². The average molecular weight is 283 g/mol. The van der Waals surface area contributed by atoms with E-state index in [1.807, 2.05) is 13.5 Å². The van der Waals surface area contributed by atoms with Gasteiger partial charge in [0.15, 0.2) is 0 Å². The number of rotatable bonds is 9. The molecule has 0 radical (unpaired) electrons. The van der Waals surface area contributed by atoms with Crippen molar-refractivity contribution >= 4 is 18.6 Å². The molecular formula is C10H25NO4SSi. The minimum atomic E-state index is -3.16. The molecule has 0 aliphatic heterocycles. The van der Waals surface area contributed by atoms with Gasteiger partial charge in [-0.2, -0.15) is 0 Å². The van der Waals surface area contributed by atoms with Crippen LogP contribution < -0.4 is 4.72 Å². The van der Waals surface area contributed by atoms with Gasteiger partial charge in [0.1, 0.15) is 0 Å². The molecule has 0 fully saturated rings. The minimum Gasteiger partial charge on any atom is -0.398 e. The van der Waals surface area contributed by atoms with E-state index in [0.29, 0.717) is 13.0 Å². The Hall–Kier alpha value is 0.0469. The third-order valence-corrected chi connectivity index (χ3v) is 8.07. The van der Waals surface area contributed by atoms with Crippen molar-refractivity contribution in [2.75, 3.05) is 20.8 Å². The molecule has 0 aromatic carbocycles. The van der Waals surface area contributed by atoms with E-state index in [2.05, 4.69) is 4.72 Å². The van der Waals surface area contributed by atoms with Crippen molar-refractivity contribution in [3.63, 3.8) is 0 Å². The van der Waals surface area contributed by atoms with Gasteiger partial charge in [-0.25, -0.2) is 13.1 Å². The summed E-state index contributed by atoms with van der Waals surface area (Å²) in [5.74, 6) is 0. The standard InChI is InChI=1S/C10H25NO4SSi/c1-6-10(2)16(12,13)11-8-7-9-17(5,14-3)15-4/h10-11H,6-9H2,1-5H3. The maximum absolute atomic E-state index is 11.7. The van der Waals surface area contributed by atoms with Crippen LogP contribution in [0, 0.1) is 0 Å². The summed E-state index contributed by atoms with van der Waals surface area (Å²) in [4.78, 5) is 0. The first-order chi connectivity index (χ1) is 7.81. The van der Waals surface area contributed by atoms with Crippen molar-refractivity contribution in [3.8, 4) is 0 Å². The molecule has 0 aliphatic carbocycles. The molecule has 0 amide bonds. The number of sulfonamides is 1. The normalized spacial score (nSPS) is 14.9. The fourth-order valence-electron chi connectivity index (χ4n) is 1.27. The summed E-state index contributed by atoms with van der Waals surface area (Å²) < 4.78 is 36.6. The first-order valence-corrected chi connectivity index (χ1v) is 9.97. The SMILES string of the molecule is CCC(C)S(=O)(=O)NCCC[Si](C)(OC)OC. The van der Waals surface area contributed by atoms with E-state index in [1.54, 1.807) is 21.1 Å². The molecule has 0 aliphatic rings. The van der Waals surface area contributed by atoms with Crippen LogP contribution >= 0.6 is 0 Å². The lowest BCUT2D eigenvalue weighted by molar-refractivity contribution is 0.248. The van der Waals surface area contributed by atoms with E-state index < -0.39 is 18.6 Å². The molecule has 0 spiro atoms. The van der Waals surface area contributed by atoms with Gasteiger partial charge in [-0.3, -0.25) is 0 Å². The molecular weight excluding hydrogens is 258 g/mol. The summed E-state index contributed by atoms with van der Waals surface area (Å²) in [6, 6.07) is 0.781. The monoisotopic (exact) mass is 283 g/mol. The molecule has 17 heavy (non-hydrogen) atoms. The van der Waals surface area contributed by atoms with E-state index in [4.69, 9.17) is 8.85 Å². The van der Waals surface area contributed by atoms with Crippen molar-refractivity contribution in [3.05, 3.63) is 0 Å². The summed E-state index contributed by atoms with van der Waals surface area (Å²) in [5, 5.41) is -0.337. The quantitative estimate of drug-likeness (QED) is 0.514. The second-order valence-corrected chi connectivity index (χ2v) is 10.1. The Kier molecular flexibility index (Phi) is 7.50. The molecule has 7 heteroatoms. The predicted octanol–water partition coefficient (Wildman–Crippen LogP) is 1.46. The number of nitrogens with one attached hydrogen (secondary N) is 1. The zero-order valence-electron chi connectivity index (χ0n) is 11.4. The van der Waals surface area contributed by atoms with Crippen LogP contribution in [-0.4, -0.2) is 43.0 Å². The van der Waals surface area contributed by atoms with Crippen LogP contribution in [0.4, 0.5) is 0 Å². The highest BCUT2D eigenvalue weighted by Gasteiger charge is 2.28. The lowest BCUT2D eigenvalue weighted by Gasteiger charge is -2.22. The third kappa shape index (κ3) is 5.96. The van der Waals surface area contributed by atoms with Gasteiger partial charge in [0, 0.05) is 20.8 Å². The first-order valence-electron chi connectivity index (χ1n) is 5.90. The van der Waals surface area contributed by atoms with Crippen LogP contribution in [0.5, 0.6) is 0 Å². The minimum absolute atomic E-state index is 0.337. The Balaban J connectivity index is 4.01.